The van der Waals surface area contributed by atoms with Crippen LogP contribution in [0.15, 0.2) is 28.7 Å². The number of halogens is 1. The Morgan fingerprint density at radius 1 is 1.26 bits per heavy atom. The van der Waals surface area contributed by atoms with Crippen molar-refractivity contribution in [3.63, 3.8) is 0 Å². The van der Waals surface area contributed by atoms with Gasteiger partial charge in [0.2, 0.25) is 5.91 Å². The quantitative estimate of drug-likeness (QED) is 0.690. The Morgan fingerprint density at radius 2 is 2.00 bits per heavy atom. The molecule has 0 aliphatic carbocycles. The molecule has 1 heterocycles. The zero-order valence-corrected chi connectivity index (χ0v) is 16.6. The normalized spacial score (nSPS) is 10.7. The predicted octanol–water partition coefficient (Wildman–Crippen LogP) is 3.50. The van der Waals surface area contributed by atoms with Crippen LogP contribution in [0.4, 0.5) is 5.69 Å². The molecule has 7 nitrogen and oxygen atoms in total. The first kappa shape index (κ1) is 20.8. The summed E-state index contributed by atoms with van der Waals surface area (Å²) in [7, 11) is 4.72. The van der Waals surface area contributed by atoms with Gasteiger partial charge in [-0.25, -0.2) is 4.79 Å². The van der Waals surface area contributed by atoms with Crippen molar-refractivity contribution in [3.8, 4) is 5.75 Å². The van der Waals surface area contributed by atoms with Crippen molar-refractivity contribution in [1.82, 2.24) is 4.90 Å². The van der Waals surface area contributed by atoms with Crippen molar-refractivity contribution < 1.29 is 23.5 Å². The Balaban J connectivity index is 1.88. The number of hydrogen-bond donors (Lipinski definition) is 1. The summed E-state index contributed by atoms with van der Waals surface area (Å²) in [6, 6.07) is 6.69. The second-order valence-electron chi connectivity index (χ2n) is 6.05. The van der Waals surface area contributed by atoms with Gasteiger partial charge in [-0.05, 0) is 38.2 Å². The molecule has 0 spiro atoms. The highest BCUT2D eigenvalue weighted by molar-refractivity contribution is 6.31. The predicted molar refractivity (Wildman–Crippen MR) is 102 cm³/mol. The monoisotopic (exact) mass is 394 g/mol. The maximum absolute atomic E-state index is 12.2. The Hall–Kier alpha value is -2.51. The van der Waals surface area contributed by atoms with Crippen molar-refractivity contribution in [3.05, 3.63) is 46.4 Å². The summed E-state index contributed by atoms with van der Waals surface area (Å²) >= 11 is 5.96. The van der Waals surface area contributed by atoms with Crippen LogP contribution in [0.1, 0.15) is 28.3 Å². The van der Waals surface area contributed by atoms with Crippen LogP contribution in [0.3, 0.4) is 0 Å². The molecule has 1 aromatic heterocycles. The number of nitrogens with zero attached hydrogens (tertiary/aromatic N) is 1. The van der Waals surface area contributed by atoms with Gasteiger partial charge in [0.15, 0.2) is 0 Å². The van der Waals surface area contributed by atoms with E-state index in [9.17, 15) is 9.59 Å². The smallest absolute Gasteiger partial charge is 0.341 e. The second kappa shape index (κ2) is 9.43. The van der Waals surface area contributed by atoms with E-state index in [1.54, 1.807) is 31.2 Å². The molecule has 0 unspecified atom stereocenters. The summed E-state index contributed by atoms with van der Waals surface area (Å²) in [5.41, 5.74) is 0.939. The van der Waals surface area contributed by atoms with Crippen LogP contribution in [0.25, 0.3) is 0 Å². The number of nitrogens with one attached hydrogen (secondary N) is 1. The van der Waals surface area contributed by atoms with Gasteiger partial charge in [0.05, 0.1) is 26.5 Å². The first-order valence-electron chi connectivity index (χ1n) is 8.33. The number of amides is 1. The van der Waals surface area contributed by atoms with E-state index in [-0.39, 0.29) is 12.3 Å². The molecule has 146 valence electrons. The number of aryl methyl sites for hydroxylation is 1. The van der Waals surface area contributed by atoms with Crippen molar-refractivity contribution >= 4 is 29.2 Å². The number of carbonyl (C=O) groups is 2. The Morgan fingerprint density at radius 3 is 2.67 bits per heavy atom. The first-order chi connectivity index (χ1) is 12.8. The third-order valence-electron chi connectivity index (χ3n) is 3.96. The molecule has 0 radical (unpaired) electrons. The molecule has 0 saturated heterocycles. The first-order valence-corrected chi connectivity index (χ1v) is 8.71. The number of furan rings is 1. The lowest BCUT2D eigenvalue weighted by atomic mass is 10.2. The van der Waals surface area contributed by atoms with E-state index in [2.05, 4.69) is 5.32 Å². The lowest BCUT2D eigenvalue weighted by Gasteiger charge is -2.15. The van der Waals surface area contributed by atoms with E-state index < -0.39 is 5.97 Å². The fourth-order valence-electron chi connectivity index (χ4n) is 2.56. The highest BCUT2D eigenvalue weighted by Gasteiger charge is 2.16. The summed E-state index contributed by atoms with van der Waals surface area (Å²) in [6.07, 6.45) is 0.274. The van der Waals surface area contributed by atoms with Crippen LogP contribution in [0.2, 0.25) is 5.02 Å². The number of carbonyl (C=O) groups excluding carboxylic acids is 2. The van der Waals surface area contributed by atoms with Crippen LogP contribution in [0.5, 0.6) is 5.75 Å². The minimum Gasteiger partial charge on any atom is -0.495 e. The van der Waals surface area contributed by atoms with Gasteiger partial charge < -0.3 is 19.2 Å². The molecule has 8 heteroatoms. The van der Waals surface area contributed by atoms with Gasteiger partial charge in [-0.2, -0.15) is 0 Å². The lowest BCUT2D eigenvalue weighted by Crippen LogP contribution is -2.24. The van der Waals surface area contributed by atoms with Crippen molar-refractivity contribution in [2.45, 2.75) is 19.9 Å². The summed E-state index contributed by atoms with van der Waals surface area (Å²) < 4.78 is 15.5. The van der Waals surface area contributed by atoms with Gasteiger partial charge in [-0.3, -0.25) is 9.69 Å². The molecular formula is C19H23ClN2O5. The van der Waals surface area contributed by atoms with Gasteiger partial charge in [-0.1, -0.05) is 11.6 Å². The molecular weight excluding hydrogens is 372 g/mol. The van der Waals surface area contributed by atoms with E-state index in [0.717, 1.165) is 0 Å². The van der Waals surface area contributed by atoms with Crippen molar-refractivity contribution in [2.75, 3.05) is 33.1 Å². The number of benzene rings is 1. The van der Waals surface area contributed by atoms with Gasteiger partial charge in [0.1, 0.15) is 22.8 Å². The topological polar surface area (TPSA) is 81.0 Å². The fraction of sp³-hybridized carbons (Fsp3) is 0.368. The fourth-order valence-corrected chi connectivity index (χ4v) is 2.73. The molecule has 0 aliphatic heterocycles. The van der Waals surface area contributed by atoms with Gasteiger partial charge in [0, 0.05) is 18.0 Å². The van der Waals surface area contributed by atoms with Gasteiger partial charge in [0.25, 0.3) is 0 Å². The summed E-state index contributed by atoms with van der Waals surface area (Å²) in [5.74, 6) is 1.10. The number of methoxy groups -OCH3 is 2. The highest BCUT2D eigenvalue weighted by atomic mass is 35.5. The molecule has 0 saturated carbocycles. The Kier molecular flexibility index (Phi) is 7.27. The Bertz CT molecular complexity index is 818. The van der Waals surface area contributed by atoms with Crippen LogP contribution in [0, 0.1) is 6.92 Å². The zero-order valence-electron chi connectivity index (χ0n) is 15.8. The number of esters is 1. The Labute approximate surface area is 163 Å². The van der Waals surface area contributed by atoms with E-state index in [1.807, 2.05) is 11.9 Å². The molecule has 27 heavy (non-hydrogen) atoms. The van der Waals surface area contributed by atoms with Gasteiger partial charge in [-0.15, -0.1) is 0 Å². The zero-order chi connectivity index (χ0) is 20.0. The highest BCUT2D eigenvalue weighted by Crippen LogP contribution is 2.27. The molecule has 0 bridgehead atoms. The molecule has 2 rings (SSSR count). The minimum atomic E-state index is -0.431. The maximum atomic E-state index is 12.2. The number of rotatable bonds is 8. The number of ether oxygens (including phenoxy) is 2. The van der Waals surface area contributed by atoms with Crippen LogP contribution < -0.4 is 10.1 Å². The van der Waals surface area contributed by atoms with Crippen molar-refractivity contribution in [1.29, 1.82) is 0 Å². The van der Waals surface area contributed by atoms with E-state index >= 15 is 0 Å². The largest absolute Gasteiger partial charge is 0.495 e. The lowest BCUT2D eigenvalue weighted by molar-refractivity contribution is -0.116. The van der Waals surface area contributed by atoms with Crippen LogP contribution in [-0.4, -0.2) is 44.6 Å². The molecule has 1 N–H and O–H groups in total. The number of hydrogen-bond acceptors (Lipinski definition) is 6. The van der Waals surface area contributed by atoms with E-state index in [1.165, 1.54) is 14.2 Å². The van der Waals surface area contributed by atoms with E-state index in [4.69, 9.17) is 25.5 Å². The summed E-state index contributed by atoms with van der Waals surface area (Å²) in [6.45, 7) is 2.68. The number of anilines is 1. The molecule has 1 amide bonds. The van der Waals surface area contributed by atoms with Gasteiger partial charge >= 0.3 is 5.97 Å². The second-order valence-corrected chi connectivity index (χ2v) is 6.49. The molecule has 0 atom stereocenters. The summed E-state index contributed by atoms with van der Waals surface area (Å²) in [4.78, 5) is 25.8. The standard InChI is InChI=1S/C19H23ClN2O5/c1-12-15(19(24)26-4)10-14(27-12)11-22(2)8-7-18(23)21-16-9-13(20)5-6-17(16)25-3/h5-6,9-10H,7-8,11H2,1-4H3,(H,21,23). The summed E-state index contributed by atoms with van der Waals surface area (Å²) in [5, 5.41) is 3.31. The molecule has 1 aromatic carbocycles. The third-order valence-corrected chi connectivity index (χ3v) is 4.19. The minimum absolute atomic E-state index is 0.159. The van der Waals surface area contributed by atoms with Crippen LogP contribution in [-0.2, 0) is 16.1 Å². The average molecular weight is 395 g/mol. The van der Waals surface area contributed by atoms with E-state index in [0.29, 0.717) is 46.6 Å². The third kappa shape index (κ3) is 5.74. The maximum Gasteiger partial charge on any atom is 0.341 e. The molecule has 0 fully saturated rings. The van der Waals surface area contributed by atoms with Crippen LogP contribution >= 0.6 is 11.6 Å². The SMILES string of the molecule is COC(=O)c1cc(CN(C)CCC(=O)Nc2cc(Cl)ccc2OC)oc1C. The average Bonchev–Trinajstić information content (AvgIpc) is 2.99. The molecule has 0 aliphatic rings. The molecule has 2 aromatic rings. The van der Waals surface area contributed by atoms with Crippen molar-refractivity contribution in [2.24, 2.45) is 0 Å².